The summed E-state index contributed by atoms with van der Waals surface area (Å²) in [6, 6.07) is 4.89. The molecule has 0 aliphatic rings. The maximum atomic E-state index is 12.8. The monoisotopic (exact) mass is 314 g/mol. The summed E-state index contributed by atoms with van der Waals surface area (Å²) in [7, 11) is 0. The molecule has 22 heavy (non-hydrogen) atoms. The largest absolute Gasteiger partial charge is 0.445 e. The van der Waals surface area contributed by atoms with Crippen LogP contribution in [0.1, 0.15) is 29.7 Å². The number of aromatic nitrogens is 1. The first-order valence-electron chi connectivity index (χ1n) is 6.69. The number of hydrogen-bond donors (Lipinski definition) is 2. The highest BCUT2D eigenvalue weighted by molar-refractivity contribution is 5.31. The van der Waals surface area contributed by atoms with Gasteiger partial charge >= 0.3 is 6.18 Å². The van der Waals surface area contributed by atoms with Gasteiger partial charge in [0, 0.05) is 0 Å². The van der Waals surface area contributed by atoms with E-state index in [4.69, 9.17) is 4.42 Å². The second-order valence-electron chi connectivity index (χ2n) is 5.29. The average molecular weight is 314 g/mol. The van der Waals surface area contributed by atoms with Gasteiger partial charge in [-0.3, -0.25) is 5.32 Å². The molecule has 0 aliphatic carbocycles. The van der Waals surface area contributed by atoms with E-state index in [-0.39, 0.29) is 13.2 Å². The lowest BCUT2D eigenvalue weighted by Crippen LogP contribution is -2.42. The number of nitrogens with one attached hydrogen (secondary N) is 1. The van der Waals surface area contributed by atoms with Crippen molar-refractivity contribution in [3.05, 3.63) is 53.2 Å². The fourth-order valence-electron chi connectivity index (χ4n) is 2.04. The Morgan fingerprint density at radius 1 is 1.27 bits per heavy atom. The molecular formula is C15H17F3N2O2. The fraction of sp³-hybridized carbons (Fsp3) is 0.400. The Labute approximate surface area is 126 Å². The van der Waals surface area contributed by atoms with E-state index in [0.29, 0.717) is 17.2 Å². The Kier molecular flexibility index (Phi) is 4.58. The Hall–Kier alpha value is -1.86. The topological polar surface area (TPSA) is 58.3 Å². The molecule has 0 fully saturated rings. The average Bonchev–Trinajstić information content (AvgIpc) is 2.90. The summed E-state index contributed by atoms with van der Waals surface area (Å²) in [5, 5.41) is 12.6. The summed E-state index contributed by atoms with van der Waals surface area (Å²) in [5.74, 6) is 1.05. The minimum absolute atomic E-state index is 0.196. The number of nitrogens with zero attached hydrogens (tertiary/aromatic N) is 1. The van der Waals surface area contributed by atoms with Crippen molar-refractivity contribution in [2.45, 2.75) is 32.1 Å². The summed E-state index contributed by atoms with van der Waals surface area (Å²) < 4.78 is 43.7. The van der Waals surface area contributed by atoms with Crippen molar-refractivity contribution in [2.75, 3.05) is 6.61 Å². The SMILES string of the molecule is Cc1cnc(CN[C@@](C)(CO)c2cccc(C(F)(F)F)c2)o1. The Morgan fingerprint density at radius 3 is 2.50 bits per heavy atom. The number of oxazole rings is 1. The molecule has 1 atom stereocenters. The molecule has 2 rings (SSSR count). The van der Waals surface area contributed by atoms with Crippen LogP contribution in [0.25, 0.3) is 0 Å². The second kappa shape index (κ2) is 6.10. The molecule has 0 spiro atoms. The van der Waals surface area contributed by atoms with Crippen molar-refractivity contribution in [3.63, 3.8) is 0 Å². The lowest BCUT2D eigenvalue weighted by atomic mass is 9.91. The molecule has 4 nitrogen and oxygen atoms in total. The third kappa shape index (κ3) is 3.66. The van der Waals surface area contributed by atoms with Crippen molar-refractivity contribution in [1.82, 2.24) is 10.3 Å². The van der Waals surface area contributed by atoms with Gasteiger partial charge in [-0.2, -0.15) is 13.2 Å². The zero-order chi connectivity index (χ0) is 16.4. The third-order valence-corrected chi connectivity index (χ3v) is 3.44. The minimum Gasteiger partial charge on any atom is -0.445 e. The van der Waals surface area contributed by atoms with E-state index in [1.807, 2.05) is 0 Å². The highest BCUT2D eigenvalue weighted by Gasteiger charge is 2.33. The second-order valence-corrected chi connectivity index (χ2v) is 5.29. The van der Waals surface area contributed by atoms with Crippen molar-refractivity contribution >= 4 is 0 Å². The van der Waals surface area contributed by atoms with Crippen molar-refractivity contribution in [3.8, 4) is 0 Å². The molecule has 1 heterocycles. The van der Waals surface area contributed by atoms with Gasteiger partial charge in [0.2, 0.25) is 5.89 Å². The van der Waals surface area contributed by atoms with E-state index >= 15 is 0 Å². The number of rotatable bonds is 5. The van der Waals surface area contributed by atoms with Gasteiger partial charge in [0.1, 0.15) is 5.76 Å². The van der Waals surface area contributed by atoms with Crippen LogP contribution in [0.3, 0.4) is 0 Å². The maximum Gasteiger partial charge on any atom is 0.416 e. The Bertz CT molecular complexity index is 640. The first-order chi connectivity index (χ1) is 10.2. The van der Waals surface area contributed by atoms with Crippen LogP contribution in [0.2, 0.25) is 0 Å². The molecule has 0 saturated carbocycles. The Balaban J connectivity index is 2.22. The van der Waals surface area contributed by atoms with Crippen LogP contribution in [0, 0.1) is 6.92 Å². The zero-order valence-corrected chi connectivity index (χ0v) is 12.2. The number of aryl methyl sites for hydroxylation is 1. The fourth-order valence-corrected chi connectivity index (χ4v) is 2.04. The first-order valence-corrected chi connectivity index (χ1v) is 6.69. The normalized spacial score (nSPS) is 14.8. The van der Waals surface area contributed by atoms with Gasteiger partial charge in [0.15, 0.2) is 0 Å². The van der Waals surface area contributed by atoms with Gasteiger partial charge in [0.25, 0.3) is 0 Å². The van der Waals surface area contributed by atoms with Gasteiger partial charge in [0.05, 0.1) is 30.5 Å². The van der Waals surface area contributed by atoms with Gasteiger partial charge in [-0.15, -0.1) is 0 Å². The molecule has 2 aromatic rings. The predicted molar refractivity (Wildman–Crippen MR) is 74.0 cm³/mol. The molecule has 0 bridgehead atoms. The van der Waals surface area contributed by atoms with E-state index in [1.54, 1.807) is 26.1 Å². The summed E-state index contributed by atoms with van der Waals surface area (Å²) >= 11 is 0. The quantitative estimate of drug-likeness (QED) is 0.891. The molecule has 2 N–H and O–H groups in total. The molecular weight excluding hydrogens is 297 g/mol. The number of aliphatic hydroxyl groups excluding tert-OH is 1. The lowest BCUT2D eigenvalue weighted by molar-refractivity contribution is -0.137. The van der Waals surface area contributed by atoms with Crippen LogP contribution in [-0.2, 0) is 18.3 Å². The number of benzene rings is 1. The van der Waals surface area contributed by atoms with Crippen molar-refractivity contribution in [2.24, 2.45) is 0 Å². The van der Waals surface area contributed by atoms with Gasteiger partial charge in [-0.05, 0) is 31.5 Å². The number of hydrogen-bond acceptors (Lipinski definition) is 4. The van der Waals surface area contributed by atoms with E-state index in [9.17, 15) is 18.3 Å². The molecule has 7 heteroatoms. The molecule has 0 unspecified atom stereocenters. The smallest absolute Gasteiger partial charge is 0.416 e. The van der Waals surface area contributed by atoms with Crippen LogP contribution in [-0.4, -0.2) is 16.7 Å². The summed E-state index contributed by atoms with van der Waals surface area (Å²) in [6.07, 6.45) is -2.87. The number of alkyl halides is 3. The van der Waals surface area contributed by atoms with Gasteiger partial charge in [-0.25, -0.2) is 4.98 Å². The lowest BCUT2D eigenvalue weighted by Gasteiger charge is -2.29. The highest BCUT2D eigenvalue weighted by Crippen LogP contribution is 2.32. The molecule has 1 aromatic carbocycles. The summed E-state index contributed by atoms with van der Waals surface area (Å²) in [4.78, 5) is 4.01. The van der Waals surface area contributed by atoms with Crippen LogP contribution in [0.15, 0.2) is 34.9 Å². The molecule has 120 valence electrons. The Morgan fingerprint density at radius 2 is 1.95 bits per heavy atom. The van der Waals surface area contributed by atoms with Crippen LogP contribution in [0.5, 0.6) is 0 Å². The third-order valence-electron chi connectivity index (χ3n) is 3.44. The van der Waals surface area contributed by atoms with Crippen LogP contribution in [0.4, 0.5) is 13.2 Å². The van der Waals surface area contributed by atoms with E-state index in [0.717, 1.165) is 12.1 Å². The minimum atomic E-state index is -4.42. The van der Waals surface area contributed by atoms with E-state index < -0.39 is 17.3 Å². The number of halogens is 3. The van der Waals surface area contributed by atoms with Gasteiger partial charge in [-0.1, -0.05) is 12.1 Å². The highest BCUT2D eigenvalue weighted by atomic mass is 19.4. The van der Waals surface area contributed by atoms with E-state index in [1.165, 1.54) is 6.07 Å². The summed E-state index contributed by atoms with van der Waals surface area (Å²) in [5.41, 5.74) is -1.45. The zero-order valence-electron chi connectivity index (χ0n) is 12.2. The molecule has 0 saturated heterocycles. The molecule has 0 amide bonds. The molecule has 0 aliphatic heterocycles. The van der Waals surface area contributed by atoms with Crippen LogP contribution >= 0.6 is 0 Å². The summed E-state index contributed by atoms with van der Waals surface area (Å²) in [6.45, 7) is 3.20. The maximum absolute atomic E-state index is 12.8. The predicted octanol–water partition coefficient (Wildman–Crippen LogP) is 3.00. The van der Waals surface area contributed by atoms with Gasteiger partial charge < -0.3 is 9.52 Å². The van der Waals surface area contributed by atoms with E-state index in [2.05, 4.69) is 10.3 Å². The van der Waals surface area contributed by atoms with Crippen molar-refractivity contribution in [1.29, 1.82) is 0 Å². The van der Waals surface area contributed by atoms with Crippen molar-refractivity contribution < 1.29 is 22.7 Å². The number of aliphatic hydroxyl groups is 1. The first kappa shape index (κ1) is 16.5. The molecule has 0 radical (unpaired) electrons. The molecule has 1 aromatic heterocycles. The standard InChI is InChI=1S/C15H17F3N2O2/c1-10-7-19-13(22-10)8-20-14(2,9-21)11-4-3-5-12(6-11)15(16,17)18/h3-7,20-21H,8-9H2,1-2H3/t14-/m0/s1. The van der Waals surface area contributed by atoms with Crippen LogP contribution < -0.4 is 5.32 Å².